The largest absolute Gasteiger partial charge is 0.480 e. The number of carboxylic acids is 1. The number of hydrogen-bond donors (Lipinski definition) is 1. The number of nitrogens with zero attached hydrogens (tertiary/aromatic N) is 1. The molecule has 0 spiro atoms. The highest BCUT2D eigenvalue weighted by Crippen LogP contribution is 2.21. The van der Waals surface area contributed by atoms with E-state index in [2.05, 4.69) is 5.92 Å². The number of aliphatic carboxylic acids is 1. The predicted octanol–water partition coefficient (Wildman–Crippen LogP) is 0.877. The number of amides is 1. The lowest BCUT2D eigenvalue weighted by atomic mass is 10.1. The molecule has 1 heterocycles. The van der Waals surface area contributed by atoms with E-state index in [1.54, 1.807) is 12.1 Å². The molecule has 0 atom stereocenters. The van der Waals surface area contributed by atoms with Gasteiger partial charge in [-0.05, 0) is 23.3 Å². The van der Waals surface area contributed by atoms with Crippen molar-refractivity contribution >= 4 is 11.9 Å². The van der Waals surface area contributed by atoms with Gasteiger partial charge < -0.3 is 14.7 Å². The third-order valence-electron chi connectivity index (χ3n) is 2.86. The Hall–Kier alpha value is -2.32. The number of terminal acetylenes is 1. The van der Waals surface area contributed by atoms with E-state index in [1.807, 2.05) is 6.07 Å². The topological polar surface area (TPSA) is 66.8 Å². The van der Waals surface area contributed by atoms with Crippen molar-refractivity contribution in [3.8, 4) is 12.3 Å². The predicted molar refractivity (Wildman–Crippen MR) is 67.3 cm³/mol. The minimum Gasteiger partial charge on any atom is -0.480 e. The first-order valence-electron chi connectivity index (χ1n) is 5.76. The zero-order valence-corrected chi connectivity index (χ0v) is 10.3. The van der Waals surface area contributed by atoms with Gasteiger partial charge in [-0.15, -0.1) is 6.42 Å². The van der Waals surface area contributed by atoms with E-state index in [1.165, 1.54) is 0 Å². The highest BCUT2D eigenvalue weighted by molar-refractivity contribution is 5.96. The molecule has 2 rings (SSSR count). The molecule has 98 valence electrons. The van der Waals surface area contributed by atoms with Crippen LogP contribution in [0.5, 0.6) is 0 Å². The summed E-state index contributed by atoms with van der Waals surface area (Å²) in [6, 6.07) is 5.22. The first-order chi connectivity index (χ1) is 9.11. The molecular formula is C14H13NO4. The van der Waals surface area contributed by atoms with Gasteiger partial charge in [-0.3, -0.25) is 9.59 Å². The lowest BCUT2D eigenvalue weighted by Crippen LogP contribution is -2.36. The van der Waals surface area contributed by atoms with Gasteiger partial charge in [-0.2, -0.15) is 0 Å². The molecule has 5 nitrogen and oxygen atoms in total. The Morgan fingerprint density at radius 2 is 2.11 bits per heavy atom. The van der Waals surface area contributed by atoms with Crippen molar-refractivity contribution in [2.24, 2.45) is 0 Å². The van der Waals surface area contributed by atoms with E-state index in [-0.39, 0.29) is 12.5 Å². The van der Waals surface area contributed by atoms with Gasteiger partial charge >= 0.3 is 5.97 Å². The van der Waals surface area contributed by atoms with Crippen LogP contribution in [0.25, 0.3) is 0 Å². The lowest BCUT2D eigenvalue weighted by Gasteiger charge is -2.18. The van der Waals surface area contributed by atoms with Crippen LogP contribution in [-0.2, 0) is 22.7 Å². The maximum absolute atomic E-state index is 12.2. The van der Waals surface area contributed by atoms with Crippen LogP contribution in [0.1, 0.15) is 21.5 Å². The zero-order chi connectivity index (χ0) is 13.8. The molecule has 1 aromatic rings. The van der Waals surface area contributed by atoms with Gasteiger partial charge in [0.15, 0.2) is 0 Å². The number of carbonyl (C=O) groups excluding carboxylic acids is 1. The van der Waals surface area contributed by atoms with Crippen LogP contribution >= 0.6 is 0 Å². The summed E-state index contributed by atoms with van der Waals surface area (Å²) < 4.78 is 5.27. The molecule has 0 fully saturated rings. The molecule has 19 heavy (non-hydrogen) atoms. The smallest absolute Gasteiger partial charge is 0.323 e. The molecule has 0 saturated carbocycles. The van der Waals surface area contributed by atoms with Crippen molar-refractivity contribution in [3.63, 3.8) is 0 Å². The fraction of sp³-hybridized carbons (Fsp3) is 0.286. The average Bonchev–Trinajstić information content (AvgIpc) is 2.84. The molecule has 0 unspecified atom stereocenters. The van der Waals surface area contributed by atoms with Crippen molar-refractivity contribution < 1.29 is 19.4 Å². The van der Waals surface area contributed by atoms with Crippen LogP contribution < -0.4 is 0 Å². The second kappa shape index (κ2) is 5.55. The van der Waals surface area contributed by atoms with Crippen molar-refractivity contribution in [1.82, 2.24) is 4.90 Å². The van der Waals surface area contributed by atoms with Gasteiger partial charge in [0.05, 0.1) is 19.8 Å². The van der Waals surface area contributed by atoms with E-state index in [9.17, 15) is 9.59 Å². The number of fused-ring (bicyclic) bond motifs is 1. The summed E-state index contributed by atoms with van der Waals surface area (Å²) in [6.07, 6.45) is 5.15. The SMILES string of the molecule is C#CCN(CC(=O)O)C(=O)c1ccc2c(c1)COC2. The zero-order valence-electron chi connectivity index (χ0n) is 10.3. The standard InChI is InChI=1S/C14H13NO4/c1-2-5-15(7-13(16)17)14(18)10-3-4-11-8-19-9-12(11)6-10/h1,3-4,6H,5,7-9H2,(H,16,17). The molecule has 0 aromatic heterocycles. The minimum absolute atomic E-state index is 0.0290. The summed E-state index contributed by atoms with van der Waals surface area (Å²) in [7, 11) is 0. The van der Waals surface area contributed by atoms with Gasteiger partial charge in [-0.1, -0.05) is 12.0 Å². The van der Waals surface area contributed by atoms with Gasteiger partial charge in [-0.25, -0.2) is 0 Å². The Morgan fingerprint density at radius 1 is 1.37 bits per heavy atom. The number of carbonyl (C=O) groups is 2. The highest BCUT2D eigenvalue weighted by Gasteiger charge is 2.20. The summed E-state index contributed by atoms with van der Waals surface area (Å²) in [5.41, 5.74) is 2.45. The van der Waals surface area contributed by atoms with E-state index in [4.69, 9.17) is 16.3 Å². The Balaban J connectivity index is 2.21. The molecule has 0 bridgehead atoms. The molecule has 0 radical (unpaired) electrons. The van der Waals surface area contributed by atoms with Crippen molar-refractivity contribution in [1.29, 1.82) is 0 Å². The number of benzene rings is 1. The van der Waals surface area contributed by atoms with Crippen LogP contribution in [0.2, 0.25) is 0 Å². The highest BCUT2D eigenvalue weighted by atomic mass is 16.5. The van der Waals surface area contributed by atoms with Gasteiger partial charge in [0.2, 0.25) is 0 Å². The van der Waals surface area contributed by atoms with Crippen LogP contribution in [0.3, 0.4) is 0 Å². The normalized spacial score (nSPS) is 12.6. The van der Waals surface area contributed by atoms with Crippen molar-refractivity contribution in [2.75, 3.05) is 13.1 Å². The molecular weight excluding hydrogens is 246 g/mol. The molecule has 0 saturated heterocycles. The maximum Gasteiger partial charge on any atom is 0.323 e. The van der Waals surface area contributed by atoms with E-state index in [0.29, 0.717) is 18.8 Å². The molecule has 1 aliphatic rings. The van der Waals surface area contributed by atoms with Crippen molar-refractivity contribution in [3.05, 3.63) is 34.9 Å². The van der Waals surface area contributed by atoms with E-state index >= 15 is 0 Å². The summed E-state index contributed by atoms with van der Waals surface area (Å²) >= 11 is 0. The fourth-order valence-corrected chi connectivity index (χ4v) is 1.96. The van der Waals surface area contributed by atoms with Crippen LogP contribution in [0, 0.1) is 12.3 Å². The molecule has 1 N–H and O–H groups in total. The summed E-state index contributed by atoms with van der Waals surface area (Å²) in [5, 5.41) is 8.78. The second-order valence-electron chi connectivity index (χ2n) is 4.24. The number of carboxylic acid groups (broad SMARTS) is 1. The third kappa shape index (κ3) is 2.92. The molecule has 1 aliphatic heterocycles. The van der Waals surface area contributed by atoms with E-state index < -0.39 is 12.5 Å². The van der Waals surface area contributed by atoms with Crippen LogP contribution in [0.15, 0.2) is 18.2 Å². The molecule has 0 aliphatic carbocycles. The maximum atomic E-state index is 12.2. The summed E-state index contributed by atoms with van der Waals surface area (Å²) in [6.45, 7) is 0.590. The first kappa shape index (κ1) is 13.1. The number of rotatable bonds is 4. The summed E-state index contributed by atoms with van der Waals surface area (Å²) in [4.78, 5) is 24.0. The van der Waals surface area contributed by atoms with Crippen LogP contribution in [-0.4, -0.2) is 35.0 Å². The minimum atomic E-state index is -1.09. The van der Waals surface area contributed by atoms with E-state index in [0.717, 1.165) is 16.0 Å². The van der Waals surface area contributed by atoms with Gasteiger partial charge in [0.1, 0.15) is 6.54 Å². The lowest BCUT2D eigenvalue weighted by molar-refractivity contribution is -0.137. The van der Waals surface area contributed by atoms with Gasteiger partial charge in [0.25, 0.3) is 5.91 Å². The number of ether oxygens (including phenoxy) is 1. The third-order valence-corrected chi connectivity index (χ3v) is 2.86. The molecule has 1 amide bonds. The fourth-order valence-electron chi connectivity index (χ4n) is 1.96. The Kier molecular flexibility index (Phi) is 3.83. The quantitative estimate of drug-likeness (QED) is 0.815. The monoisotopic (exact) mass is 259 g/mol. The van der Waals surface area contributed by atoms with Crippen molar-refractivity contribution in [2.45, 2.75) is 13.2 Å². The molecule has 5 heteroatoms. The molecule has 1 aromatic carbocycles. The summed E-state index contributed by atoms with van der Waals surface area (Å²) in [5.74, 6) is 0.824. The number of hydrogen-bond acceptors (Lipinski definition) is 3. The second-order valence-corrected chi connectivity index (χ2v) is 4.24. The Morgan fingerprint density at radius 3 is 2.79 bits per heavy atom. The first-order valence-corrected chi connectivity index (χ1v) is 5.76. The average molecular weight is 259 g/mol. The van der Waals surface area contributed by atoms with Crippen LogP contribution in [0.4, 0.5) is 0 Å². The Bertz CT molecular complexity index is 559. The van der Waals surface area contributed by atoms with Gasteiger partial charge in [0, 0.05) is 5.56 Å². The Labute approximate surface area is 110 Å².